The minimum atomic E-state index is -0.196. The van der Waals surface area contributed by atoms with E-state index in [4.69, 9.17) is 0 Å². The Morgan fingerprint density at radius 3 is 2.71 bits per heavy atom. The highest BCUT2D eigenvalue weighted by Crippen LogP contribution is 2.46. The van der Waals surface area contributed by atoms with E-state index in [1.807, 2.05) is 6.07 Å². The third kappa shape index (κ3) is 1.57. The van der Waals surface area contributed by atoms with Crippen molar-refractivity contribution in [2.24, 2.45) is 5.41 Å². The summed E-state index contributed by atoms with van der Waals surface area (Å²) in [4.78, 5) is 11.9. The van der Waals surface area contributed by atoms with Gasteiger partial charge in [0.15, 0.2) is 0 Å². The molecule has 0 aromatic heterocycles. The Hall–Kier alpha value is -1.63. The lowest BCUT2D eigenvalue weighted by molar-refractivity contribution is -0.124. The van der Waals surface area contributed by atoms with Gasteiger partial charge in [0.1, 0.15) is 5.78 Å². The SMILES string of the molecule is CC12CCC(c3ccccc3)=CC1=CCC2=O. The van der Waals surface area contributed by atoms with Crippen LogP contribution in [0.2, 0.25) is 0 Å². The van der Waals surface area contributed by atoms with E-state index in [1.165, 1.54) is 16.7 Å². The number of allylic oxidation sites excluding steroid dienone is 4. The second kappa shape index (κ2) is 3.69. The first kappa shape index (κ1) is 10.5. The molecule has 0 N–H and O–H groups in total. The molecular weight excluding hydrogens is 208 g/mol. The van der Waals surface area contributed by atoms with Gasteiger partial charge in [-0.3, -0.25) is 4.79 Å². The highest BCUT2D eigenvalue weighted by atomic mass is 16.1. The molecule has 17 heavy (non-hydrogen) atoms. The third-order valence-corrected chi connectivity index (χ3v) is 4.13. The second-order valence-corrected chi connectivity index (χ2v) is 5.15. The van der Waals surface area contributed by atoms with Gasteiger partial charge in [-0.2, -0.15) is 0 Å². The molecule has 0 saturated heterocycles. The van der Waals surface area contributed by atoms with E-state index in [1.54, 1.807) is 0 Å². The Morgan fingerprint density at radius 1 is 1.18 bits per heavy atom. The molecule has 86 valence electrons. The van der Waals surface area contributed by atoms with Gasteiger partial charge in [-0.05, 0) is 36.5 Å². The van der Waals surface area contributed by atoms with Crippen LogP contribution in [0.4, 0.5) is 0 Å². The lowest BCUT2D eigenvalue weighted by Gasteiger charge is -2.30. The van der Waals surface area contributed by atoms with Gasteiger partial charge in [-0.1, -0.05) is 42.5 Å². The lowest BCUT2D eigenvalue weighted by Crippen LogP contribution is -2.27. The molecular formula is C16H16O. The molecule has 0 radical (unpaired) electrons. The Balaban J connectivity index is 2.00. The van der Waals surface area contributed by atoms with Crippen LogP contribution in [0, 0.1) is 5.41 Å². The summed E-state index contributed by atoms with van der Waals surface area (Å²) in [6.07, 6.45) is 6.90. The predicted molar refractivity (Wildman–Crippen MR) is 69.5 cm³/mol. The van der Waals surface area contributed by atoms with Crippen molar-refractivity contribution in [3.05, 3.63) is 53.6 Å². The quantitative estimate of drug-likeness (QED) is 0.709. The number of rotatable bonds is 1. The molecule has 0 fully saturated rings. The fourth-order valence-electron chi connectivity index (χ4n) is 2.84. The van der Waals surface area contributed by atoms with Gasteiger partial charge in [-0.15, -0.1) is 0 Å². The topological polar surface area (TPSA) is 17.1 Å². The van der Waals surface area contributed by atoms with Crippen molar-refractivity contribution in [3.8, 4) is 0 Å². The minimum Gasteiger partial charge on any atom is -0.298 e. The first-order chi connectivity index (χ1) is 8.20. The fourth-order valence-corrected chi connectivity index (χ4v) is 2.84. The fraction of sp³-hybridized carbons (Fsp3) is 0.312. The van der Waals surface area contributed by atoms with Crippen molar-refractivity contribution >= 4 is 11.4 Å². The van der Waals surface area contributed by atoms with Crippen molar-refractivity contribution in [3.63, 3.8) is 0 Å². The molecule has 0 spiro atoms. The molecule has 0 bridgehead atoms. The average molecular weight is 224 g/mol. The normalized spacial score (nSPS) is 27.5. The minimum absolute atomic E-state index is 0.196. The Kier molecular flexibility index (Phi) is 2.29. The summed E-state index contributed by atoms with van der Waals surface area (Å²) in [6, 6.07) is 10.5. The Labute approximate surface area is 102 Å². The summed E-state index contributed by atoms with van der Waals surface area (Å²) in [7, 11) is 0. The molecule has 1 aromatic carbocycles. The summed E-state index contributed by atoms with van der Waals surface area (Å²) < 4.78 is 0. The number of hydrogen-bond acceptors (Lipinski definition) is 1. The number of benzene rings is 1. The maximum Gasteiger partial charge on any atom is 0.146 e. The number of carbonyl (C=O) groups is 1. The van der Waals surface area contributed by atoms with Crippen LogP contribution in [0.5, 0.6) is 0 Å². The van der Waals surface area contributed by atoms with Crippen molar-refractivity contribution in [1.29, 1.82) is 0 Å². The highest BCUT2D eigenvalue weighted by Gasteiger charge is 2.41. The molecule has 2 aliphatic carbocycles. The van der Waals surface area contributed by atoms with Crippen molar-refractivity contribution in [2.45, 2.75) is 26.2 Å². The summed E-state index contributed by atoms with van der Waals surface area (Å²) in [5, 5.41) is 0. The van der Waals surface area contributed by atoms with Crippen molar-refractivity contribution < 1.29 is 4.79 Å². The molecule has 1 heteroatoms. The molecule has 2 aliphatic rings. The molecule has 0 aliphatic heterocycles. The van der Waals surface area contributed by atoms with Gasteiger partial charge >= 0.3 is 0 Å². The van der Waals surface area contributed by atoms with Crippen LogP contribution in [0.3, 0.4) is 0 Å². The zero-order valence-electron chi connectivity index (χ0n) is 10.1. The average Bonchev–Trinajstić information content (AvgIpc) is 2.66. The van der Waals surface area contributed by atoms with Crippen molar-refractivity contribution in [1.82, 2.24) is 0 Å². The summed E-state index contributed by atoms with van der Waals surface area (Å²) in [5.74, 6) is 0.385. The molecule has 3 rings (SSSR count). The van der Waals surface area contributed by atoms with Crippen LogP contribution >= 0.6 is 0 Å². The van der Waals surface area contributed by atoms with Crippen LogP contribution in [-0.4, -0.2) is 5.78 Å². The molecule has 1 unspecified atom stereocenters. The second-order valence-electron chi connectivity index (χ2n) is 5.15. The van der Waals surface area contributed by atoms with Crippen molar-refractivity contribution in [2.75, 3.05) is 0 Å². The molecule has 1 atom stereocenters. The smallest absolute Gasteiger partial charge is 0.146 e. The van der Waals surface area contributed by atoms with Gasteiger partial charge < -0.3 is 0 Å². The number of hydrogen-bond donors (Lipinski definition) is 0. The van der Waals surface area contributed by atoms with E-state index in [-0.39, 0.29) is 5.41 Å². The summed E-state index contributed by atoms with van der Waals surface area (Å²) >= 11 is 0. The number of Topliss-reactive ketones (excluding diaryl/α,β-unsaturated/α-hetero) is 1. The molecule has 0 amide bonds. The predicted octanol–water partition coefficient (Wildman–Crippen LogP) is 3.77. The highest BCUT2D eigenvalue weighted by molar-refractivity contribution is 5.94. The van der Waals surface area contributed by atoms with Crippen LogP contribution < -0.4 is 0 Å². The van der Waals surface area contributed by atoms with Crippen LogP contribution in [0.1, 0.15) is 31.7 Å². The van der Waals surface area contributed by atoms with E-state index in [0.29, 0.717) is 12.2 Å². The number of carbonyl (C=O) groups excluding carboxylic acids is 1. The first-order valence-corrected chi connectivity index (χ1v) is 6.20. The monoisotopic (exact) mass is 224 g/mol. The van der Waals surface area contributed by atoms with Crippen LogP contribution in [0.25, 0.3) is 5.57 Å². The largest absolute Gasteiger partial charge is 0.298 e. The zero-order valence-corrected chi connectivity index (χ0v) is 10.1. The van der Waals surface area contributed by atoms with Crippen LogP contribution in [-0.2, 0) is 4.79 Å². The molecule has 1 aromatic rings. The van der Waals surface area contributed by atoms with E-state index < -0.39 is 0 Å². The van der Waals surface area contributed by atoms with E-state index >= 15 is 0 Å². The summed E-state index contributed by atoms with van der Waals surface area (Å²) in [6.45, 7) is 2.09. The van der Waals surface area contributed by atoms with E-state index in [2.05, 4.69) is 43.3 Å². The Morgan fingerprint density at radius 2 is 1.94 bits per heavy atom. The Bertz CT molecular complexity index is 522. The maximum absolute atomic E-state index is 11.9. The molecule has 0 heterocycles. The maximum atomic E-state index is 11.9. The first-order valence-electron chi connectivity index (χ1n) is 6.20. The van der Waals surface area contributed by atoms with Gasteiger partial charge in [0.25, 0.3) is 0 Å². The van der Waals surface area contributed by atoms with E-state index in [0.717, 1.165) is 12.8 Å². The van der Waals surface area contributed by atoms with Crippen LogP contribution in [0.15, 0.2) is 48.1 Å². The number of ketones is 1. The van der Waals surface area contributed by atoms with Gasteiger partial charge in [0.2, 0.25) is 0 Å². The number of fused-ring (bicyclic) bond motifs is 1. The lowest BCUT2D eigenvalue weighted by atomic mass is 9.72. The molecule has 1 nitrogen and oxygen atoms in total. The zero-order chi connectivity index (χ0) is 11.9. The van der Waals surface area contributed by atoms with Gasteiger partial charge in [0, 0.05) is 6.42 Å². The standard InChI is InChI=1S/C16H16O/c1-16-10-9-13(12-5-3-2-4-6-12)11-14(16)7-8-15(16)17/h2-7,11H,8-10H2,1H3. The summed E-state index contributed by atoms with van der Waals surface area (Å²) in [5.41, 5.74) is 3.68. The molecule has 0 saturated carbocycles. The van der Waals surface area contributed by atoms with Gasteiger partial charge in [0.05, 0.1) is 5.41 Å². The van der Waals surface area contributed by atoms with E-state index in [9.17, 15) is 4.79 Å². The van der Waals surface area contributed by atoms with Gasteiger partial charge in [-0.25, -0.2) is 0 Å². The third-order valence-electron chi connectivity index (χ3n) is 4.13.